The number of hydrogen-bond donors (Lipinski definition) is 1. The molecular weight excluding hydrogens is 444 g/mol. The second-order valence-corrected chi connectivity index (χ2v) is 8.51. The Balaban J connectivity index is 1.59. The van der Waals surface area contributed by atoms with E-state index in [1.807, 2.05) is 67.6 Å². The number of para-hydroxylation sites is 1. The largest absolute Gasteiger partial charge is 0.493 e. The standard InChI is InChI=1S/C25H21ClN2O3S/c1-16-11-12-19(14-20(16)26)27-25-28-24(29)22(32-25)13-18-9-6-10-21(30-2)23(18)31-15-17-7-4-3-5-8-17/h3-14H,15H2,1-2H3,(H,27,28,29)/b22-13-. The minimum absolute atomic E-state index is 0.219. The second-order valence-electron chi connectivity index (χ2n) is 7.07. The maximum atomic E-state index is 12.6. The predicted octanol–water partition coefficient (Wildman–Crippen LogP) is 6.13. The van der Waals surface area contributed by atoms with Gasteiger partial charge in [0.15, 0.2) is 16.7 Å². The molecule has 0 bridgehead atoms. The number of nitrogens with zero attached hydrogens (tertiary/aromatic N) is 1. The van der Waals surface area contributed by atoms with Crippen molar-refractivity contribution in [2.24, 2.45) is 4.99 Å². The third-order valence-corrected chi connectivity index (χ3v) is 6.10. The van der Waals surface area contributed by atoms with E-state index >= 15 is 0 Å². The van der Waals surface area contributed by atoms with Crippen molar-refractivity contribution >= 4 is 46.2 Å². The number of nitrogens with one attached hydrogen (secondary N) is 1. The van der Waals surface area contributed by atoms with E-state index in [0.717, 1.165) is 16.7 Å². The van der Waals surface area contributed by atoms with Gasteiger partial charge in [0.1, 0.15) is 6.61 Å². The van der Waals surface area contributed by atoms with Crippen LogP contribution in [0.3, 0.4) is 0 Å². The fourth-order valence-electron chi connectivity index (χ4n) is 3.08. The molecule has 0 aromatic heterocycles. The van der Waals surface area contributed by atoms with Crippen molar-refractivity contribution in [1.29, 1.82) is 0 Å². The molecule has 5 nitrogen and oxygen atoms in total. The van der Waals surface area contributed by atoms with Crippen LogP contribution in [0.5, 0.6) is 11.5 Å². The molecule has 1 aliphatic rings. The summed E-state index contributed by atoms with van der Waals surface area (Å²) < 4.78 is 11.6. The van der Waals surface area contributed by atoms with Crippen molar-refractivity contribution in [3.63, 3.8) is 0 Å². The van der Waals surface area contributed by atoms with E-state index in [9.17, 15) is 4.79 Å². The molecule has 1 fully saturated rings. The fraction of sp³-hybridized carbons (Fsp3) is 0.120. The highest BCUT2D eigenvalue weighted by molar-refractivity contribution is 8.18. The maximum Gasteiger partial charge on any atom is 0.264 e. The molecule has 0 saturated carbocycles. The summed E-state index contributed by atoms with van der Waals surface area (Å²) >= 11 is 7.45. The van der Waals surface area contributed by atoms with Crippen molar-refractivity contribution < 1.29 is 14.3 Å². The van der Waals surface area contributed by atoms with Crippen LogP contribution in [0.1, 0.15) is 16.7 Å². The number of methoxy groups -OCH3 is 1. The highest BCUT2D eigenvalue weighted by Crippen LogP contribution is 2.36. The topological polar surface area (TPSA) is 59.9 Å². The number of amidine groups is 1. The van der Waals surface area contributed by atoms with Gasteiger partial charge >= 0.3 is 0 Å². The summed E-state index contributed by atoms with van der Waals surface area (Å²) in [5.74, 6) is 0.959. The summed E-state index contributed by atoms with van der Waals surface area (Å²) in [5.41, 5.74) is 3.44. The number of rotatable bonds is 6. The van der Waals surface area contributed by atoms with Crippen LogP contribution in [-0.2, 0) is 11.4 Å². The van der Waals surface area contributed by atoms with Gasteiger partial charge in [0.2, 0.25) is 0 Å². The molecule has 3 aromatic rings. The van der Waals surface area contributed by atoms with Gasteiger partial charge in [-0.3, -0.25) is 4.79 Å². The molecule has 0 radical (unpaired) electrons. The Kier molecular flexibility index (Phi) is 6.83. The van der Waals surface area contributed by atoms with E-state index in [1.165, 1.54) is 11.8 Å². The monoisotopic (exact) mass is 464 g/mol. The van der Waals surface area contributed by atoms with Crippen LogP contribution in [-0.4, -0.2) is 18.2 Å². The van der Waals surface area contributed by atoms with Crippen molar-refractivity contribution in [2.45, 2.75) is 13.5 Å². The van der Waals surface area contributed by atoms with Gasteiger partial charge in [0.05, 0.1) is 17.7 Å². The van der Waals surface area contributed by atoms with Gasteiger partial charge in [-0.05, 0) is 54.1 Å². The average Bonchev–Trinajstić information content (AvgIpc) is 3.14. The van der Waals surface area contributed by atoms with Gasteiger partial charge in [-0.25, -0.2) is 4.99 Å². The number of carbonyl (C=O) groups excluding carboxylic acids is 1. The summed E-state index contributed by atoms with van der Waals surface area (Å²) in [4.78, 5) is 17.6. The normalized spacial score (nSPS) is 15.8. The third-order valence-electron chi connectivity index (χ3n) is 4.78. The van der Waals surface area contributed by atoms with E-state index in [-0.39, 0.29) is 5.91 Å². The second kappa shape index (κ2) is 9.94. The molecule has 1 amide bonds. The number of aliphatic imine (C=N–C) groups is 1. The molecule has 0 spiro atoms. The highest BCUT2D eigenvalue weighted by Gasteiger charge is 2.25. The zero-order valence-electron chi connectivity index (χ0n) is 17.6. The van der Waals surface area contributed by atoms with E-state index in [4.69, 9.17) is 21.1 Å². The van der Waals surface area contributed by atoms with Crippen LogP contribution >= 0.6 is 23.4 Å². The number of halogens is 1. The first-order valence-electron chi connectivity index (χ1n) is 9.93. The Hall–Kier alpha value is -3.22. The lowest BCUT2D eigenvalue weighted by atomic mass is 10.1. The average molecular weight is 465 g/mol. The summed E-state index contributed by atoms with van der Waals surface area (Å²) in [6.07, 6.45) is 1.79. The third kappa shape index (κ3) is 5.15. The Morgan fingerprint density at radius 3 is 2.66 bits per heavy atom. The Labute approximate surface area is 196 Å². The molecule has 162 valence electrons. The van der Waals surface area contributed by atoms with Gasteiger partial charge in [-0.2, -0.15) is 0 Å². The van der Waals surface area contributed by atoms with Gasteiger partial charge in [0.25, 0.3) is 5.91 Å². The number of aryl methyl sites for hydroxylation is 1. The quantitative estimate of drug-likeness (QED) is 0.446. The van der Waals surface area contributed by atoms with E-state index < -0.39 is 0 Å². The van der Waals surface area contributed by atoms with Crippen LogP contribution in [0.2, 0.25) is 5.02 Å². The van der Waals surface area contributed by atoms with Gasteiger partial charge in [-0.15, -0.1) is 0 Å². The zero-order valence-corrected chi connectivity index (χ0v) is 19.2. The molecule has 4 rings (SSSR count). The fourth-order valence-corrected chi connectivity index (χ4v) is 4.09. The van der Waals surface area contributed by atoms with Crippen molar-refractivity contribution in [3.05, 3.63) is 93.3 Å². The maximum absolute atomic E-state index is 12.6. The number of hydrogen-bond acceptors (Lipinski definition) is 5. The Bertz CT molecular complexity index is 1210. The first-order chi connectivity index (χ1) is 15.5. The minimum Gasteiger partial charge on any atom is -0.493 e. The predicted molar refractivity (Wildman–Crippen MR) is 131 cm³/mol. The van der Waals surface area contributed by atoms with Crippen molar-refractivity contribution in [3.8, 4) is 11.5 Å². The van der Waals surface area contributed by atoms with Crippen molar-refractivity contribution in [2.75, 3.05) is 7.11 Å². The Morgan fingerprint density at radius 2 is 1.91 bits per heavy atom. The van der Waals surface area contributed by atoms with Crippen LogP contribution in [0.15, 0.2) is 76.6 Å². The van der Waals surface area contributed by atoms with Crippen molar-refractivity contribution in [1.82, 2.24) is 5.32 Å². The van der Waals surface area contributed by atoms with Gasteiger partial charge in [0, 0.05) is 10.6 Å². The van der Waals surface area contributed by atoms with E-state index in [0.29, 0.717) is 38.9 Å². The summed E-state index contributed by atoms with van der Waals surface area (Å²) in [5, 5.41) is 3.93. The number of benzene rings is 3. The van der Waals surface area contributed by atoms with E-state index in [1.54, 1.807) is 19.3 Å². The number of amides is 1. The number of thioether (sulfide) groups is 1. The molecule has 0 aliphatic carbocycles. The molecule has 1 N–H and O–H groups in total. The molecular formula is C25H21ClN2O3S. The molecule has 1 saturated heterocycles. The highest BCUT2D eigenvalue weighted by atomic mass is 35.5. The zero-order chi connectivity index (χ0) is 22.5. The lowest BCUT2D eigenvalue weighted by Gasteiger charge is -2.13. The van der Waals surface area contributed by atoms with Gasteiger partial charge < -0.3 is 14.8 Å². The van der Waals surface area contributed by atoms with Crippen LogP contribution < -0.4 is 14.8 Å². The lowest BCUT2D eigenvalue weighted by Crippen LogP contribution is -2.19. The van der Waals surface area contributed by atoms with Crippen LogP contribution in [0.25, 0.3) is 6.08 Å². The SMILES string of the molecule is COc1cccc(/C=C2\SC(=Nc3ccc(C)c(Cl)c3)NC2=O)c1OCc1ccccc1. The Morgan fingerprint density at radius 1 is 1.09 bits per heavy atom. The summed E-state index contributed by atoms with van der Waals surface area (Å²) in [7, 11) is 1.59. The molecule has 32 heavy (non-hydrogen) atoms. The first kappa shape index (κ1) is 22.0. The minimum atomic E-state index is -0.219. The molecule has 0 unspecified atom stereocenters. The smallest absolute Gasteiger partial charge is 0.264 e. The molecule has 3 aromatic carbocycles. The molecule has 1 heterocycles. The summed E-state index contributed by atoms with van der Waals surface area (Å²) in [6.45, 7) is 2.31. The van der Waals surface area contributed by atoms with Crippen LogP contribution in [0.4, 0.5) is 5.69 Å². The summed E-state index contributed by atoms with van der Waals surface area (Å²) in [6, 6.07) is 21.0. The first-order valence-corrected chi connectivity index (χ1v) is 11.1. The molecule has 0 atom stereocenters. The van der Waals surface area contributed by atoms with Gasteiger partial charge in [-0.1, -0.05) is 60.1 Å². The molecule has 7 heteroatoms. The number of ether oxygens (including phenoxy) is 2. The van der Waals surface area contributed by atoms with E-state index in [2.05, 4.69) is 10.3 Å². The molecule has 1 aliphatic heterocycles. The lowest BCUT2D eigenvalue weighted by molar-refractivity contribution is -0.115. The number of carbonyl (C=O) groups is 1. The van der Waals surface area contributed by atoms with Crippen LogP contribution in [0, 0.1) is 6.92 Å².